The number of sulfone groups is 1. The number of aromatic nitrogens is 2. The third kappa shape index (κ3) is 4.30. The van der Waals surface area contributed by atoms with Crippen LogP contribution in [0.4, 0.5) is 0 Å². The second kappa shape index (κ2) is 6.60. The number of nitrogens with zero attached hydrogens (tertiary/aromatic N) is 2. The van der Waals surface area contributed by atoms with Crippen molar-refractivity contribution in [1.82, 2.24) is 9.78 Å². The molecule has 1 aliphatic rings. The van der Waals surface area contributed by atoms with E-state index in [4.69, 9.17) is 5.11 Å². The van der Waals surface area contributed by atoms with Gasteiger partial charge >= 0.3 is 5.97 Å². The van der Waals surface area contributed by atoms with E-state index >= 15 is 0 Å². The Bertz CT molecular complexity index is 588. The van der Waals surface area contributed by atoms with Crippen LogP contribution in [0.3, 0.4) is 0 Å². The van der Waals surface area contributed by atoms with Gasteiger partial charge in [0.05, 0.1) is 29.2 Å². The van der Waals surface area contributed by atoms with Crippen molar-refractivity contribution in [1.29, 1.82) is 0 Å². The van der Waals surface area contributed by atoms with Crippen molar-refractivity contribution < 1.29 is 18.3 Å². The number of carboxylic acid groups (broad SMARTS) is 1. The van der Waals surface area contributed by atoms with Gasteiger partial charge in [-0.1, -0.05) is 19.3 Å². The van der Waals surface area contributed by atoms with Crippen LogP contribution in [0.25, 0.3) is 0 Å². The van der Waals surface area contributed by atoms with Gasteiger partial charge in [-0.3, -0.25) is 9.48 Å². The molecule has 1 aromatic heterocycles. The summed E-state index contributed by atoms with van der Waals surface area (Å²) >= 11 is 0. The number of carbonyl (C=O) groups is 1. The highest BCUT2D eigenvalue weighted by molar-refractivity contribution is 7.91. The Morgan fingerprint density at radius 1 is 1.43 bits per heavy atom. The lowest BCUT2D eigenvalue weighted by atomic mass is 9.96. The average molecular weight is 314 g/mol. The molecule has 0 spiro atoms. The largest absolute Gasteiger partial charge is 0.481 e. The van der Waals surface area contributed by atoms with Crippen LogP contribution in [0.5, 0.6) is 0 Å². The predicted octanol–water partition coefficient (Wildman–Crippen LogP) is 2.17. The van der Waals surface area contributed by atoms with Crippen molar-refractivity contribution in [2.75, 3.05) is 0 Å². The zero-order valence-corrected chi connectivity index (χ0v) is 13.1. The summed E-state index contributed by atoms with van der Waals surface area (Å²) in [4.78, 5) is 10.6. The summed E-state index contributed by atoms with van der Waals surface area (Å²) in [6.07, 6.45) is 7.27. The summed E-state index contributed by atoms with van der Waals surface area (Å²) in [5.74, 6) is -1.29. The Morgan fingerprint density at radius 2 is 2.10 bits per heavy atom. The molecule has 7 heteroatoms. The minimum absolute atomic E-state index is 0.193. The summed E-state index contributed by atoms with van der Waals surface area (Å²) in [6, 6.07) is 2.09. The van der Waals surface area contributed by atoms with Gasteiger partial charge in [0.25, 0.3) is 0 Å². The molecule has 1 aliphatic carbocycles. The summed E-state index contributed by atoms with van der Waals surface area (Å²) in [5, 5.41) is 12.2. The van der Waals surface area contributed by atoms with E-state index in [0.717, 1.165) is 12.8 Å². The number of hydrogen-bond donors (Lipinski definition) is 1. The second-order valence-corrected chi connectivity index (χ2v) is 8.21. The van der Waals surface area contributed by atoms with E-state index < -0.39 is 21.1 Å². The summed E-state index contributed by atoms with van der Waals surface area (Å²) in [6.45, 7) is 1.43. The quantitative estimate of drug-likeness (QED) is 0.869. The van der Waals surface area contributed by atoms with Crippen LogP contribution >= 0.6 is 0 Å². The van der Waals surface area contributed by atoms with Crippen molar-refractivity contribution in [2.45, 2.75) is 62.5 Å². The van der Waals surface area contributed by atoms with Crippen molar-refractivity contribution >= 4 is 15.8 Å². The lowest BCUT2D eigenvalue weighted by molar-refractivity contribution is -0.136. The highest BCUT2D eigenvalue weighted by Crippen LogP contribution is 2.27. The van der Waals surface area contributed by atoms with Crippen LogP contribution in [0.1, 0.15) is 57.2 Å². The molecule has 2 rings (SSSR count). The maximum Gasteiger partial charge on any atom is 0.304 e. The first-order valence-corrected chi connectivity index (χ1v) is 9.07. The molecule has 0 bridgehead atoms. The Morgan fingerprint density at radius 3 is 2.71 bits per heavy atom. The minimum Gasteiger partial charge on any atom is -0.481 e. The highest BCUT2D eigenvalue weighted by atomic mass is 32.2. The van der Waals surface area contributed by atoms with Gasteiger partial charge in [-0.15, -0.1) is 0 Å². The molecule has 118 valence electrons. The topological polar surface area (TPSA) is 89.3 Å². The number of carboxylic acids is 1. The normalized spacial score (nSPS) is 18.5. The minimum atomic E-state index is -3.48. The Labute approximate surface area is 125 Å². The van der Waals surface area contributed by atoms with E-state index in [2.05, 4.69) is 5.10 Å². The first-order chi connectivity index (χ1) is 9.88. The predicted molar refractivity (Wildman–Crippen MR) is 78.7 cm³/mol. The smallest absolute Gasteiger partial charge is 0.304 e. The van der Waals surface area contributed by atoms with Crippen LogP contribution in [0.2, 0.25) is 0 Å². The van der Waals surface area contributed by atoms with Crippen LogP contribution in [-0.2, 0) is 20.4 Å². The molecule has 1 N–H and O–H groups in total. The van der Waals surface area contributed by atoms with Crippen LogP contribution < -0.4 is 0 Å². The van der Waals surface area contributed by atoms with Crippen molar-refractivity contribution in [3.63, 3.8) is 0 Å². The lowest BCUT2D eigenvalue weighted by Crippen LogP contribution is -2.23. The fourth-order valence-corrected chi connectivity index (χ4v) is 3.97. The molecule has 6 nitrogen and oxygen atoms in total. The molecule has 1 atom stereocenters. The standard InChI is InChI=1S/C14H22N2O4S/c1-11(9-14(17)18)21(19,20)10-12-7-8-16(15-12)13-5-3-2-4-6-13/h7-8,11,13H,2-6,9-10H2,1H3,(H,17,18). The molecule has 0 saturated heterocycles. The van der Waals surface area contributed by atoms with Gasteiger partial charge < -0.3 is 5.11 Å². The Kier molecular flexibility index (Phi) is 5.03. The zero-order chi connectivity index (χ0) is 15.5. The number of aliphatic carboxylic acids is 1. The fraction of sp³-hybridized carbons (Fsp3) is 0.714. The maximum atomic E-state index is 12.1. The van der Waals surface area contributed by atoms with E-state index in [1.807, 2.05) is 10.9 Å². The molecule has 21 heavy (non-hydrogen) atoms. The molecule has 0 aliphatic heterocycles. The molecule has 1 fully saturated rings. The van der Waals surface area contributed by atoms with E-state index in [1.165, 1.54) is 26.2 Å². The first-order valence-electron chi connectivity index (χ1n) is 7.36. The second-order valence-electron chi connectivity index (χ2n) is 5.79. The number of hydrogen-bond acceptors (Lipinski definition) is 4. The molecule has 0 amide bonds. The molecular formula is C14H22N2O4S. The van der Waals surface area contributed by atoms with Gasteiger partial charge in [0, 0.05) is 6.20 Å². The third-order valence-corrected chi connectivity index (χ3v) is 6.13. The van der Waals surface area contributed by atoms with E-state index in [9.17, 15) is 13.2 Å². The van der Waals surface area contributed by atoms with Crippen molar-refractivity contribution in [3.05, 3.63) is 18.0 Å². The Balaban J connectivity index is 2.02. The molecule has 0 aromatic carbocycles. The average Bonchev–Trinajstić information content (AvgIpc) is 2.86. The SMILES string of the molecule is CC(CC(=O)O)S(=O)(=O)Cc1ccn(C2CCCCC2)n1. The van der Waals surface area contributed by atoms with Gasteiger partial charge in [0.2, 0.25) is 0 Å². The molecular weight excluding hydrogens is 292 g/mol. The molecule has 0 radical (unpaired) electrons. The molecule has 1 unspecified atom stereocenters. The van der Waals surface area contributed by atoms with Gasteiger partial charge in [-0.2, -0.15) is 5.10 Å². The highest BCUT2D eigenvalue weighted by Gasteiger charge is 2.25. The summed E-state index contributed by atoms with van der Waals surface area (Å²) in [5.41, 5.74) is 0.498. The lowest BCUT2D eigenvalue weighted by Gasteiger charge is -2.21. The van der Waals surface area contributed by atoms with Crippen LogP contribution in [0.15, 0.2) is 12.3 Å². The van der Waals surface area contributed by atoms with Crippen LogP contribution in [0, 0.1) is 0 Å². The Hall–Kier alpha value is -1.37. The fourth-order valence-electron chi connectivity index (χ4n) is 2.72. The van der Waals surface area contributed by atoms with Crippen molar-refractivity contribution in [3.8, 4) is 0 Å². The summed E-state index contributed by atoms with van der Waals surface area (Å²) < 4.78 is 26.1. The van der Waals surface area contributed by atoms with Gasteiger partial charge in [0.1, 0.15) is 0 Å². The van der Waals surface area contributed by atoms with Gasteiger partial charge in [0.15, 0.2) is 9.84 Å². The van der Waals surface area contributed by atoms with E-state index in [-0.39, 0.29) is 12.2 Å². The zero-order valence-electron chi connectivity index (χ0n) is 12.2. The molecule has 1 heterocycles. The van der Waals surface area contributed by atoms with Crippen molar-refractivity contribution in [2.24, 2.45) is 0 Å². The first kappa shape index (κ1) is 16.0. The summed E-state index contributed by atoms with van der Waals surface area (Å²) in [7, 11) is -3.48. The monoisotopic (exact) mass is 314 g/mol. The number of rotatable bonds is 6. The van der Waals surface area contributed by atoms with E-state index in [0.29, 0.717) is 11.7 Å². The van der Waals surface area contributed by atoms with Gasteiger partial charge in [-0.05, 0) is 25.8 Å². The van der Waals surface area contributed by atoms with Crippen LogP contribution in [-0.4, -0.2) is 34.5 Å². The van der Waals surface area contributed by atoms with Gasteiger partial charge in [-0.25, -0.2) is 8.42 Å². The van der Waals surface area contributed by atoms with E-state index in [1.54, 1.807) is 6.07 Å². The molecule has 1 aromatic rings. The molecule has 1 saturated carbocycles. The maximum absolute atomic E-state index is 12.1. The third-order valence-electron chi connectivity index (χ3n) is 4.04.